The first kappa shape index (κ1) is 13.9. The van der Waals surface area contributed by atoms with Crippen molar-refractivity contribution >= 4 is 11.5 Å². The van der Waals surface area contributed by atoms with E-state index in [0.717, 1.165) is 11.3 Å². The summed E-state index contributed by atoms with van der Waals surface area (Å²) in [6.07, 6.45) is 0. The Kier molecular flexibility index (Phi) is 3.94. The van der Waals surface area contributed by atoms with Crippen molar-refractivity contribution in [1.82, 2.24) is 0 Å². The second-order valence-corrected chi connectivity index (χ2v) is 4.44. The van der Waals surface area contributed by atoms with Gasteiger partial charge in [-0.15, -0.1) is 0 Å². The van der Waals surface area contributed by atoms with Crippen LogP contribution in [0.15, 0.2) is 36.4 Å². The van der Waals surface area contributed by atoms with E-state index in [1.165, 1.54) is 7.11 Å². The largest absolute Gasteiger partial charge is 0.496 e. The minimum Gasteiger partial charge on any atom is -0.496 e. The van der Waals surface area contributed by atoms with E-state index in [9.17, 15) is 4.79 Å². The van der Waals surface area contributed by atoms with Gasteiger partial charge in [0.05, 0.1) is 19.8 Å². The summed E-state index contributed by atoms with van der Waals surface area (Å²) in [4.78, 5) is 12.6. The molecule has 0 spiro atoms. The van der Waals surface area contributed by atoms with Gasteiger partial charge in [0.25, 0.3) is 0 Å². The van der Waals surface area contributed by atoms with Gasteiger partial charge in [0.1, 0.15) is 11.5 Å². The number of anilines is 1. The Morgan fingerprint density at radius 2 is 1.75 bits per heavy atom. The third-order valence-electron chi connectivity index (χ3n) is 3.16. The summed E-state index contributed by atoms with van der Waals surface area (Å²) in [7, 11) is 3.12. The van der Waals surface area contributed by atoms with E-state index in [1.807, 2.05) is 6.92 Å². The van der Waals surface area contributed by atoms with Gasteiger partial charge in [-0.1, -0.05) is 6.07 Å². The number of hydrogen-bond acceptors (Lipinski definition) is 4. The zero-order valence-electron chi connectivity index (χ0n) is 11.8. The van der Waals surface area contributed by atoms with Crippen molar-refractivity contribution in [2.45, 2.75) is 6.92 Å². The maximum atomic E-state index is 12.6. The van der Waals surface area contributed by atoms with Crippen LogP contribution in [0.25, 0.3) is 0 Å². The Labute approximate surface area is 118 Å². The minimum atomic E-state index is -0.161. The van der Waals surface area contributed by atoms with Crippen molar-refractivity contribution in [1.29, 1.82) is 0 Å². The molecule has 2 N–H and O–H groups in total. The lowest BCUT2D eigenvalue weighted by molar-refractivity contribution is 0.103. The summed E-state index contributed by atoms with van der Waals surface area (Å²) in [5.74, 6) is 1.06. The highest BCUT2D eigenvalue weighted by atomic mass is 16.5. The molecule has 0 atom stereocenters. The topological polar surface area (TPSA) is 61.5 Å². The van der Waals surface area contributed by atoms with E-state index in [0.29, 0.717) is 22.6 Å². The number of nitrogens with two attached hydrogens (primary N) is 1. The molecule has 4 heteroatoms. The fourth-order valence-electron chi connectivity index (χ4n) is 2.13. The van der Waals surface area contributed by atoms with E-state index in [1.54, 1.807) is 43.5 Å². The van der Waals surface area contributed by atoms with Gasteiger partial charge >= 0.3 is 0 Å². The quantitative estimate of drug-likeness (QED) is 0.686. The number of carbonyl (C=O) groups excluding carboxylic acids is 1. The summed E-state index contributed by atoms with van der Waals surface area (Å²) in [5.41, 5.74) is 8.15. The molecule has 2 aromatic rings. The van der Waals surface area contributed by atoms with Gasteiger partial charge in [-0.05, 0) is 42.8 Å². The summed E-state index contributed by atoms with van der Waals surface area (Å²) < 4.78 is 10.4. The molecule has 0 saturated carbocycles. The van der Waals surface area contributed by atoms with Gasteiger partial charge in [-0.2, -0.15) is 0 Å². The molecular weight excluding hydrogens is 254 g/mol. The van der Waals surface area contributed by atoms with Crippen LogP contribution in [0.2, 0.25) is 0 Å². The van der Waals surface area contributed by atoms with Gasteiger partial charge in [-0.25, -0.2) is 0 Å². The lowest BCUT2D eigenvalue weighted by atomic mass is 9.99. The molecular formula is C16H17NO3. The minimum absolute atomic E-state index is 0.161. The van der Waals surface area contributed by atoms with E-state index in [2.05, 4.69) is 0 Å². The molecule has 0 aliphatic heterocycles. The fourth-order valence-corrected chi connectivity index (χ4v) is 2.13. The molecule has 0 unspecified atom stereocenters. The normalized spacial score (nSPS) is 10.2. The molecule has 104 valence electrons. The number of carbonyl (C=O) groups is 1. The second kappa shape index (κ2) is 5.65. The SMILES string of the molecule is COc1ccc(C(=O)c2c(N)cccc2OC)cc1C. The first-order chi connectivity index (χ1) is 9.58. The van der Waals surface area contributed by atoms with E-state index < -0.39 is 0 Å². The number of nitrogen functional groups attached to an aromatic ring is 1. The summed E-state index contributed by atoms with van der Waals surface area (Å²) in [6.45, 7) is 1.89. The van der Waals surface area contributed by atoms with Gasteiger partial charge in [0, 0.05) is 11.3 Å². The Morgan fingerprint density at radius 3 is 2.35 bits per heavy atom. The zero-order chi connectivity index (χ0) is 14.7. The number of rotatable bonds is 4. The van der Waals surface area contributed by atoms with Crippen LogP contribution in [0.3, 0.4) is 0 Å². The average molecular weight is 271 g/mol. The molecule has 2 rings (SSSR count). The van der Waals surface area contributed by atoms with Gasteiger partial charge in [-0.3, -0.25) is 4.79 Å². The second-order valence-electron chi connectivity index (χ2n) is 4.44. The lowest BCUT2D eigenvalue weighted by Crippen LogP contribution is -2.08. The number of aryl methyl sites for hydroxylation is 1. The highest BCUT2D eigenvalue weighted by Crippen LogP contribution is 2.28. The monoisotopic (exact) mass is 271 g/mol. The Bertz CT molecular complexity index is 650. The lowest BCUT2D eigenvalue weighted by Gasteiger charge is -2.11. The number of ketones is 1. The number of methoxy groups -OCH3 is 2. The van der Waals surface area contributed by atoms with Crippen molar-refractivity contribution in [3.8, 4) is 11.5 Å². The molecule has 0 aliphatic carbocycles. The number of ether oxygens (including phenoxy) is 2. The van der Waals surface area contributed by atoms with Gasteiger partial charge in [0.15, 0.2) is 5.78 Å². The first-order valence-corrected chi connectivity index (χ1v) is 6.20. The maximum Gasteiger partial charge on any atom is 0.198 e. The maximum absolute atomic E-state index is 12.6. The van der Waals surface area contributed by atoms with Crippen LogP contribution in [0.4, 0.5) is 5.69 Å². The van der Waals surface area contributed by atoms with Crippen molar-refractivity contribution in [2.24, 2.45) is 0 Å². The molecule has 0 aliphatic rings. The van der Waals surface area contributed by atoms with Gasteiger partial charge < -0.3 is 15.2 Å². The highest BCUT2D eigenvalue weighted by molar-refractivity contribution is 6.14. The third-order valence-corrected chi connectivity index (χ3v) is 3.16. The van der Waals surface area contributed by atoms with Gasteiger partial charge in [0.2, 0.25) is 0 Å². The molecule has 0 aromatic heterocycles. The van der Waals surface area contributed by atoms with Crippen LogP contribution < -0.4 is 15.2 Å². The molecule has 0 fully saturated rings. The predicted octanol–water partition coefficient (Wildman–Crippen LogP) is 2.83. The molecule has 2 aromatic carbocycles. The Hall–Kier alpha value is -2.49. The van der Waals surface area contributed by atoms with Crippen LogP contribution in [0, 0.1) is 6.92 Å². The van der Waals surface area contributed by atoms with Crippen LogP contribution in [-0.4, -0.2) is 20.0 Å². The van der Waals surface area contributed by atoms with Crippen molar-refractivity contribution in [3.05, 3.63) is 53.1 Å². The van der Waals surface area contributed by atoms with Crippen LogP contribution in [0.1, 0.15) is 21.5 Å². The summed E-state index contributed by atoms with van der Waals surface area (Å²) >= 11 is 0. The van der Waals surface area contributed by atoms with Crippen LogP contribution in [-0.2, 0) is 0 Å². The standard InChI is InChI=1S/C16H17NO3/c1-10-9-11(7-8-13(10)19-2)16(18)15-12(17)5-4-6-14(15)20-3/h4-9H,17H2,1-3H3. The summed E-state index contributed by atoms with van der Waals surface area (Å²) in [5, 5.41) is 0. The van der Waals surface area contributed by atoms with E-state index >= 15 is 0 Å². The molecule has 20 heavy (non-hydrogen) atoms. The third kappa shape index (κ3) is 2.45. The molecule has 0 bridgehead atoms. The number of benzene rings is 2. The Morgan fingerprint density at radius 1 is 1.05 bits per heavy atom. The smallest absolute Gasteiger partial charge is 0.198 e. The molecule has 0 amide bonds. The highest BCUT2D eigenvalue weighted by Gasteiger charge is 2.18. The Balaban J connectivity index is 2.49. The molecule has 0 saturated heterocycles. The van der Waals surface area contributed by atoms with Crippen molar-refractivity contribution < 1.29 is 14.3 Å². The van der Waals surface area contributed by atoms with Crippen LogP contribution in [0.5, 0.6) is 11.5 Å². The summed E-state index contributed by atoms with van der Waals surface area (Å²) in [6, 6.07) is 10.4. The fraction of sp³-hybridized carbons (Fsp3) is 0.188. The van der Waals surface area contributed by atoms with Crippen molar-refractivity contribution in [2.75, 3.05) is 20.0 Å². The zero-order valence-corrected chi connectivity index (χ0v) is 11.8. The van der Waals surface area contributed by atoms with Crippen LogP contribution >= 0.6 is 0 Å². The average Bonchev–Trinajstić information content (AvgIpc) is 2.46. The predicted molar refractivity (Wildman–Crippen MR) is 78.6 cm³/mol. The van der Waals surface area contributed by atoms with Crippen molar-refractivity contribution in [3.63, 3.8) is 0 Å². The molecule has 4 nitrogen and oxygen atoms in total. The molecule has 0 heterocycles. The van der Waals surface area contributed by atoms with E-state index in [-0.39, 0.29) is 5.78 Å². The first-order valence-electron chi connectivity index (χ1n) is 6.20. The molecule has 0 radical (unpaired) electrons. The van der Waals surface area contributed by atoms with E-state index in [4.69, 9.17) is 15.2 Å². The number of hydrogen-bond donors (Lipinski definition) is 1.